The van der Waals surface area contributed by atoms with Gasteiger partial charge in [0.25, 0.3) is 0 Å². The molecule has 1 saturated heterocycles. The van der Waals surface area contributed by atoms with Crippen LogP contribution >= 0.6 is 0 Å². The van der Waals surface area contributed by atoms with Gasteiger partial charge in [-0.25, -0.2) is 4.79 Å². The first kappa shape index (κ1) is 18.9. The van der Waals surface area contributed by atoms with Crippen molar-refractivity contribution in [3.63, 3.8) is 0 Å². The predicted octanol–water partition coefficient (Wildman–Crippen LogP) is 1.49. The summed E-state index contributed by atoms with van der Waals surface area (Å²) >= 11 is 0. The van der Waals surface area contributed by atoms with Crippen LogP contribution in [0.25, 0.3) is 0 Å². The minimum atomic E-state index is -1.72. The van der Waals surface area contributed by atoms with Crippen LogP contribution in [0.4, 0.5) is 0 Å². The molecule has 0 atom stereocenters. The number of aliphatic hydroxyl groups is 1. The molecule has 7 heteroatoms. The number of hydrogen-bond donors (Lipinski definition) is 2. The van der Waals surface area contributed by atoms with Crippen molar-refractivity contribution in [2.24, 2.45) is 0 Å². The van der Waals surface area contributed by atoms with Crippen molar-refractivity contribution in [2.75, 3.05) is 19.7 Å². The predicted molar refractivity (Wildman–Crippen MR) is 89.6 cm³/mol. The minimum Gasteiger partial charge on any atom is -0.494 e. The Balaban J connectivity index is 1.72. The Kier molecular flexibility index (Phi) is 6.14. The summed E-state index contributed by atoms with van der Waals surface area (Å²) in [5.41, 5.74) is -1.14. The van der Waals surface area contributed by atoms with E-state index >= 15 is 0 Å². The van der Waals surface area contributed by atoms with Crippen LogP contribution in [0.15, 0.2) is 24.3 Å². The molecule has 0 unspecified atom stereocenters. The molecule has 0 aliphatic carbocycles. The van der Waals surface area contributed by atoms with Gasteiger partial charge in [0.2, 0.25) is 5.91 Å². The summed E-state index contributed by atoms with van der Waals surface area (Å²) in [6.45, 7) is 2.31. The van der Waals surface area contributed by atoms with Gasteiger partial charge in [0.1, 0.15) is 5.75 Å². The lowest BCUT2D eigenvalue weighted by Crippen LogP contribution is -2.50. The topological polar surface area (TPSA) is 104 Å². The Morgan fingerprint density at radius 3 is 2.52 bits per heavy atom. The van der Waals surface area contributed by atoms with Crippen LogP contribution in [0.1, 0.15) is 43.0 Å². The number of Topliss-reactive ketones (excluding diaryl/α,β-unsaturated/α-hetero) is 1. The summed E-state index contributed by atoms with van der Waals surface area (Å²) in [5.74, 6) is -0.758. The maximum absolute atomic E-state index is 12.1. The molecule has 0 saturated carbocycles. The Morgan fingerprint density at radius 1 is 1.24 bits per heavy atom. The summed E-state index contributed by atoms with van der Waals surface area (Å²) < 4.78 is 5.56. The molecule has 0 aromatic heterocycles. The molecular formula is C18H23NO6. The van der Waals surface area contributed by atoms with Crippen LogP contribution < -0.4 is 4.74 Å². The van der Waals surface area contributed by atoms with Crippen molar-refractivity contribution < 1.29 is 29.3 Å². The first-order chi connectivity index (χ1) is 11.8. The van der Waals surface area contributed by atoms with Gasteiger partial charge >= 0.3 is 5.97 Å². The fourth-order valence-electron chi connectivity index (χ4n) is 2.72. The van der Waals surface area contributed by atoms with Gasteiger partial charge in [0.15, 0.2) is 11.4 Å². The summed E-state index contributed by atoms with van der Waals surface area (Å²) in [7, 11) is 0. The number of piperidine rings is 1. The molecule has 136 valence electrons. The first-order valence-corrected chi connectivity index (χ1v) is 8.29. The number of nitrogens with zero attached hydrogens (tertiary/aromatic N) is 1. The SMILES string of the molecule is CC(=O)c1cccc(OCCCC(=O)N2CCC(O)(C(=O)O)CC2)c1. The first-order valence-electron chi connectivity index (χ1n) is 8.29. The summed E-state index contributed by atoms with van der Waals surface area (Å²) in [4.78, 5) is 36.0. The average molecular weight is 349 g/mol. The Bertz CT molecular complexity index is 649. The summed E-state index contributed by atoms with van der Waals surface area (Å²) in [6.07, 6.45) is 0.894. The Hall–Kier alpha value is -2.41. The average Bonchev–Trinajstić information content (AvgIpc) is 2.59. The molecule has 1 aromatic carbocycles. The van der Waals surface area contributed by atoms with E-state index in [1.165, 1.54) is 6.92 Å². The maximum atomic E-state index is 12.1. The van der Waals surface area contributed by atoms with E-state index in [1.807, 2.05) is 0 Å². The van der Waals surface area contributed by atoms with Crippen LogP contribution in [-0.4, -0.2) is 58.1 Å². The quantitative estimate of drug-likeness (QED) is 0.571. The molecule has 1 amide bonds. The van der Waals surface area contributed by atoms with E-state index in [2.05, 4.69) is 0 Å². The number of carbonyl (C=O) groups is 3. The van der Waals surface area contributed by atoms with E-state index in [4.69, 9.17) is 9.84 Å². The van der Waals surface area contributed by atoms with Gasteiger partial charge in [-0.3, -0.25) is 9.59 Å². The second-order valence-electron chi connectivity index (χ2n) is 6.25. The molecular weight excluding hydrogens is 326 g/mol. The van der Waals surface area contributed by atoms with Gasteiger partial charge < -0.3 is 19.8 Å². The number of amides is 1. The number of benzene rings is 1. The number of hydrogen-bond acceptors (Lipinski definition) is 5. The highest BCUT2D eigenvalue weighted by Crippen LogP contribution is 2.23. The van der Waals surface area contributed by atoms with Crippen molar-refractivity contribution in [2.45, 2.75) is 38.2 Å². The Morgan fingerprint density at radius 2 is 1.92 bits per heavy atom. The number of aliphatic carboxylic acids is 1. The standard InChI is InChI=1S/C18H23NO6/c1-13(20)14-4-2-5-15(12-14)25-11-3-6-16(21)19-9-7-18(24,8-10-19)17(22)23/h2,4-5,12,24H,3,6-11H2,1H3,(H,22,23). The molecule has 25 heavy (non-hydrogen) atoms. The van der Waals surface area contributed by atoms with Crippen LogP contribution in [0.2, 0.25) is 0 Å². The van der Waals surface area contributed by atoms with Crippen molar-refractivity contribution in [1.82, 2.24) is 4.90 Å². The van der Waals surface area contributed by atoms with Gasteiger partial charge in [-0.15, -0.1) is 0 Å². The molecule has 0 bridgehead atoms. The van der Waals surface area contributed by atoms with Crippen molar-refractivity contribution in [1.29, 1.82) is 0 Å². The molecule has 2 N–H and O–H groups in total. The van der Waals surface area contributed by atoms with Gasteiger partial charge in [-0.1, -0.05) is 12.1 Å². The highest BCUT2D eigenvalue weighted by atomic mass is 16.5. The van der Waals surface area contributed by atoms with Crippen molar-refractivity contribution in [3.8, 4) is 5.75 Å². The molecule has 1 heterocycles. The van der Waals surface area contributed by atoms with Gasteiger partial charge in [-0.2, -0.15) is 0 Å². The summed E-state index contributed by atoms with van der Waals surface area (Å²) in [5, 5.41) is 18.8. The van der Waals surface area contributed by atoms with Crippen LogP contribution in [0.3, 0.4) is 0 Å². The number of carboxylic acids is 1. The number of ketones is 1. The smallest absolute Gasteiger partial charge is 0.335 e. The number of ether oxygens (including phenoxy) is 1. The van der Waals surface area contributed by atoms with E-state index in [-0.39, 0.29) is 44.0 Å². The minimum absolute atomic E-state index is 0.0351. The zero-order valence-corrected chi connectivity index (χ0v) is 14.2. The zero-order chi connectivity index (χ0) is 18.4. The maximum Gasteiger partial charge on any atom is 0.335 e. The number of rotatable bonds is 7. The third-order valence-corrected chi connectivity index (χ3v) is 4.39. The molecule has 0 radical (unpaired) electrons. The second kappa shape index (κ2) is 8.11. The van der Waals surface area contributed by atoms with E-state index in [0.717, 1.165) is 0 Å². The second-order valence-corrected chi connectivity index (χ2v) is 6.25. The fourth-order valence-corrected chi connectivity index (χ4v) is 2.72. The molecule has 1 fully saturated rings. The van der Waals surface area contributed by atoms with E-state index in [1.54, 1.807) is 29.2 Å². The normalized spacial score (nSPS) is 16.3. The molecule has 7 nitrogen and oxygen atoms in total. The molecule has 1 aliphatic heterocycles. The number of carbonyl (C=O) groups excluding carboxylic acids is 2. The zero-order valence-electron chi connectivity index (χ0n) is 14.2. The number of likely N-dealkylation sites (tertiary alicyclic amines) is 1. The third kappa shape index (κ3) is 5.03. The number of carboxylic acid groups (broad SMARTS) is 1. The Labute approximate surface area is 146 Å². The molecule has 1 aromatic rings. The van der Waals surface area contributed by atoms with E-state index < -0.39 is 11.6 Å². The van der Waals surface area contributed by atoms with Crippen LogP contribution in [0.5, 0.6) is 5.75 Å². The van der Waals surface area contributed by atoms with Crippen LogP contribution in [0, 0.1) is 0 Å². The lowest BCUT2D eigenvalue weighted by Gasteiger charge is -2.35. The monoisotopic (exact) mass is 349 g/mol. The molecule has 2 rings (SSSR count). The summed E-state index contributed by atoms with van der Waals surface area (Å²) in [6, 6.07) is 6.88. The van der Waals surface area contributed by atoms with Gasteiger partial charge in [-0.05, 0) is 25.5 Å². The highest BCUT2D eigenvalue weighted by molar-refractivity contribution is 5.94. The lowest BCUT2D eigenvalue weighted by atomic mass is 9.91. The largest absolute Gasteiger partial charge is 0.494 e. The van der Waals surface area contributed by atoms with Gasteiger partial charge in [0.05, 0.1) is 6.61 Å². The van der Waals surface area contributed by atoms with E-state index in [0.29, 0.717) is 24.3 Å². The van der Waals surface area contributed by atoms with Crippen molar-refractivity contribution >= 4 is 17.7 Å². The van der Waals surface area contributed by atoms with Crippen LogP contribution in [-0.2, 0) is 9.59 Å². The molecule has 0 spiro atoms. The van der Waals surface area contributed by atoms with Gasteiger partial charge in [0, 0.05) is 37.9 Å². The van der Waals surface area contributed by atoms with E-state index in [9.17, 15) is 19.5 Å². The third-order valence-electron chi connectivity index (χ3n) is 4.39. The lowest BCUT2D eigenvalue weighted by molar-refractivity contribution is -0.165. The highest BCUT2D eigenvalue weighted by Gasteiger charge is 2.40. The fraction of sp³-hybridized carbons (Fsp3) is 0.500. The van der Waals surface area contributed by atoms with Crippen molar-refractivity contribution in [3.05, 3.63) is 29.8 Å². The molecule has 1 aliphatic rings.